The number of carboxylic acids is 1. The molecule has 0 aromatic heterocycles. The number of fused-ring (bicyclic) bond motifs is 1. The van der Waals surface area contributed by atoms with Gasteiger partial charge < -0.3 is 26.0 Å². The average Bonchev–Trinajstić information content (AvgIpc) is 0.962. The highest BCUT2D eigenvalue weighted by molar-refractivity contribution is 5.80. The van der Waals surface area contributed by atoms with E-state index in [1.165, 1.54) is 125 Å². The van der Waals surface area contributed by atoms with Crippen molar-refractivity contribution in [3.8, 4) is 11.8 Å². The Kier molecular flexibility index (Phi) is 14.1. The van der Waals surface area contributed by atoms with Crippen LogP contribution in [0.4, 0.5) is 0 Å². The topological polar surface area (TPSA) is 102 Å². The van der Waals surface area contributed by atoms with Crippen LogP contribution in [0.25, 0.3) is 17.2 Å². The van der Waals surface area contributed by atoms with Crippen LogP contribution in [0.5, 0.6) is 0 Å². The van der Waals surface area contributed by atoms with Crippen molar-refractivity contribution < 1.29 is 20.1 Å². The average molecular weight is 1180 g/mol. The quantitative estimate of drug-likeness (QED) is 0.129. The zero-order valence-corrected chi connectivity index (χ0v) is 53.2. The van der Waals surface area contributed by atoms with Crippen molar-refractivity contribution in [2.24, 2.45) is 79.8 Å². The van der Waals surface area contributed by atoms with Gasteiger partial charge in [-0.25, -0.2) is 0 Å². The molecule has 0 radical (unpaired) electrons. The summed E-state index contributed by atoms with van der Waals surface area (Å²) < 4.78 is 0. The third kappa shape index (κ3) is 8.70. The summed E-state index contributed by atoms with van der Waals surface area (Å²) >= 11 is 0. The Labute approximate surface area is 525 Å². The minimum atomic E-state index is -0.734. The van der Waals surface area contributed by atoms with Gasteiger partial charge in [-0.2, -0.15) is 0 Å². The summed E-state index contributed by atoms with van der Waals surface area (Å²) in [7, 11) is 0. The van der Waals surface area contributed by atoms with E-state index in [0.29, 0.717) is 55.8 Å². The Balaban J connectivity index is 0.897. The summed E-state index contributed by atoms with van der Waals surface area (Å²) in [6.45, 7) is 13.6. The summed E-state index contributed by atoms with van der Waals surface area (Å²) in [6.07, 6.45) is 39.3. The lowest BCUT2D eigenvalue weighted by Gasteiger charge is -2.73. The number of dihydropyridines is 1. The molecule has 6 heterocycles. The second kappa shape index (κ2) is 21.5. The van der Waals surface area contributed by atoms with Crippen molar-refractivity contribution in [2.75, 3.05) is 13.1 Å². The van der Waals surface area contributed by atoms with E-state index in [1.54, 1.807) is 11.1 Å². The summed E-state index contributed by atoms with van der Waals surface area (Å²) in [4.78, 5) is 14.7. The first kappa shape index (κ1) is 57.5. The second-order valence-electron chi connectivity index (χ2n) is 32.0. The predicted octanol–water partition coefficient (Wildman–Crippen LogP) is 15.2. The van der Waals surface area contributed by atoms with Gasteiger partial charge in [-0.3, -0.25) is 4.79 Å². The monoisotopic (exact) mass is 1170 g/mol. The molecule has 0 amide bonds. The third-order valence-corrected chi connectivity index (χ3v) is 27.9. The van der Waals surface area contributed by atoms with Crippen LogP contribution in [0.2, 0.25) is 0 Å². The lowest BCUT2D eigenvalue weighted by atomic mass is 9.30. The van der Waals surface area contributed by atoms with Crippen molar-refractivity contribution >= 4 is 23.2 Å². The molecule has 5 N–H and O–H groups in total. The summed E-state index contributed by atoms with van der Waals surface area (Å²) in [6, 6.07) is 25.9. The Morgan fingerprint density at radius 1 is 0.807 bits per heavy atom. The maximum absolute atomic E-state index is 14.7. The number of aliphatic hydroxyl groups is 2. The third-order valence-electron chi connectivity index (χ3n) is 27.9. The van der Waals surface area contributed by atoms with Gasteiger partial charge in [0.1, 0.15) is 0 Å². The van der Waals surface area contributed by atoms with Crippen LogP contribution in [0.3, 0.4) is 0 Å². The van der Waals surface area contributed by atoms with E-state index in [2.05, 4.69) is 146 Å². The molecule has 6 aliphatic heterocycles. The Morgan fingerprint density at radius 3 is 2.48 bits per heavy atom. The summed E-state index contributed by atoms with van der Waals surface area (Å²) in [5, 5.41) is 49.1. The molecule has 16 atom stereocenters. The number of carbonyl (C=O) groups is 1. The predicted molar refractivity (Wildman–Crippen MR) is 354 cm³/mol. The smallest absolute Gasteiger partial charge is 0.306 e. The number of allylic oxidation sites excluding steroid dienone is 9. The number of carboxylic acid groups (broad SMARTS) is 1. The fourth-order valence-corrected chi connectivity index (χ4v) is 24.8. The normalized spacial score (nSPS) is 40.6. The zero-order chi connectivity index (χ0) is 60.0. The minimum Gasteiger partial charge on any atom is -0.481 e. The van der Waals surface area contributed by atoms with Crippen molar-refractivity contribution in [1.82, 2.24) is 10.6 Å². The second-order valence-corrected chi connectivity index (χ2v) is 32.0. The van der Waals surface area contributed by atoms with Gasteiger partial charge in [0, 0.05) is 65.3 Å². The molecule has 6 heteroatoms. The van der Waals surface area contributed by atoms with E-state index >= 15 is 0 Å². The minimum absolute atomic E-state index is 0.0234. The maximum Gasteiger partial charge on any atom is 0.306 e. The van der Waals surface area contributed by atoms with Crippen LogP contribution in [-0.2, 0) is 11.2 Å². The van der Waals surface area contributed by atoms with E-state index in [9.17, 15) is 20.1 Å². The summed E-state index contributed by atoms with van der Waals surface area (Å²) in [5.74, 6) is 9.31. The molecule has 3 spiro atoms. The first-order chi connectivity index (χ1) is 42.7. The number of aliphatic carboxylic acids is 1. The first-order valence-corrected chi connectivity index (χ1v) is 35.4. The lowest BCUT2D eigenvalue weighted by Crippen LogP contribution is -2.68. The number of hydrogen-bond donors (Lipinski definition) is 5. The van der Waals surface area contributed by atoms with Gasteiger partial charge in [0.15, 0.2) is 0 Å². The van der Waals surface area contributed by atoms with E-state index in [4.69, 9.17) is 6.58 Å². The fourth-order valence-electron chi connectivity index (χ4n) is 24.8. The molecule has 5 fully saturated rings. The van der Waals surface area contributed by atoms with Crippen LogP contribution in [0.15, 0.2) is 132 Å². The van der Waals surface area contributed by atoms with Crippen LogP contribution in [0.1, 0.15) is 195 Å². The molecular formula is C82H98N2O4. The Hall–Kier alpha value is -5.61. The lowest BCUT2D eigenvalue weighted by molar-refractivity contribution is -0.169. The van der Waals surface area contributed by atoms with E-state index in [-0.39, 0.29) is 39.9 Å². The molecule has 0 saturated heterocycles. The number of aryl methyl sites for hydroxylation is 2. The number of benzene rings is 3. The molecule has 5 saturated carbocycles. The van der Waals surface area contributed by atoms with Gasteiger partial charge >= 0.3 is 5.97 Å². The van der Waals surface area contributed by atoms with Crippen molar-refractivity contribution in [2.45, 2.75) is 199 Å². The molecule has 6 nitrogen and oxygen atoms in total. The van der Waals surface area contributed by atoms with Gasteiger partial charge in [0.25, 0.3) is 0 Å². The van der Waals surface area contributed by atoms with Gasteiger partial charge in [-0.1, -0.05) is 158 Å². The van der Waals surface area contributed by atoms with Crippen molar-refractivity contribution in [3.05, 3.63) is 170 Å². The SMILES string of the molecule is C=C1CC[C@@H](C(=O)O)[C@H]2[C@H](O)C[C@@]3([C@@H]4CC[C@]5(CC[C@H](Cc6cc(C)cc(C)c6)C5)C4)C4=C(CC[C@]23C)[C@]23CC[C@H](O)[C@@]56CC#CC[C@@H](C7=c8ccccc8=C[C@@H]2C7=C[C@](C=CC5)(C4)C63)c2cccc(c2)C2=CC=C(NCCC[C@H]1C1CCCCC1)NC2. The standard InChI is InChI=1S/C82H98N2O4/c1-51-39-52(2)41-55(40-51)42-54-27-35-78(45-54)36-28-61(46-78)82-49-70(85)74-65(75(87)88)25-23-53(3)62(56-15-6-5-7-16-56)22-13-38-83-72-26-24-60(50-84-72)57-18-12-19-58(43-57)63-21-10-11-32-80-33-14-31-79-47-66-68(44-59-17-8-9-20-64(59)73(63)66)81(76(79)80,37-30-71(80)86)67(69(82)48-79)29-34-77(74,82)4/h8-9,12,14,17-20,24,26,31,39-41,43-44,47,54,56,61-63,65,68,70-71,74,76,83-86H,3,5-7,13,15-16,21-23,25,27-30,32-38,42,45-46,48-50H2,1-2,4H3,(H,87,88)/t54-,61-,62-,63-,65-,68-,70-,71+,74+,76?,77-,78+,79-,80-,81-,82-/m1/s1. The molecule has 17 aliphatic rings. The molecule has 3 aromatic rings. The van der Waals surface area contributed by atoms with Gasteiger partial charge in [-0.05, 0) is 233 Å². The Bertz CT molecular complexity index is 3720. The summed E-state index contributed by atoms with van der Waals surface area (Å²) in [5.41, 5.74) is 13.8. The van der Waals surface area contributed by atoms with E-state index in [0.717, 1.165) is 83.1 Å². The van der Waals surface area contributed by atoms with Gasteiger partial charge in [0.05, 0.1) is 23.9 Å². The molecule has 11 aliphatic carbocycles. The Morgan fingerprint density at radius 2 is 1.65 bits per heavy atom. The molecule has 1 unspecified atom stereocenters. The fraction of sp³-hybridized carbons (Fsp3) is 0.573. The molecular weight excluding hydrogens is 1080 g/mol. The molecule has 20 rings (SSSR count). The highest BCUT2D eigenvalue weighted by Gasteiger charge is 2.77. The van der Waals surface area contributed by atoms with Crippen LogP contribution < -0.4 is 21.1 Å². The van der Waals surface area contributed by atoms with Crippen molar-refractivity contribution in [3.63, 3.8) is 0 Å². The molecule has 460 valence electrons. The van der Waals surface area contributed by atoms with E-state index in [1.807, 2.05) is 0 Å². The highest BCUT2D eigenvalue weighted by Crippen LogP contribution is 2.83. The number of aliphatic hydroxyl groups excluding tert-OH is 2. The number of rotatable bonds is 5. The number of hydrogen-bond acceptors (Lipinski definition) is 5. The molecule has 17 bridgehead atoms. The maximum atomic E-state index is 14.7. The first-order valence-electron chi connectivity index (χ1n) is 35.4. The van der Waals surface area contributed by atoms with Gasteiger partial charge in [0.2, 0.25) is 0 Å². The van der Waals surface area contributed by atoms with Crippen molar-refractivity contribution in [1.29, 1.82) is 0 Å². The number of nitrogens with one attached hydrogen (secondary N) is 2. The van der Waals surface area contributed by atoms with Crippen LogP contribution in [-0.4, -0.2) is 46.6 Å². The van der Waals surface area contributed by atoms with Gasteiger partial charge in [-0.15, -0.1) is 11.8 Å². The molecule has 3 aromatic carbocycles. The largest absolute Gasteiger partial charge is 0.481 e. The highest BCUT2D eigenvalue weighted by atomic mass is 16.4. The zero-order valence-electron chi connectivity index (χ0n) is 53.2. The van der Waals surface area contributed by atoms with Crippen LogP contribution in [0, 0.1) is 106 Å². The van der Waals surface area contributed by atoms with E-state index < -0.39 is 40.3 Å². The molecule has 88 heavy (non-hydrogen) atoms. The van der Waals surface area contributed by atoms with Crippen LogP contribution >= 0.6 is 0 Å².